The predicted molar refractivity (Wildman–Crippen MR) is 67.3 cm³/mol. The molecule has 0 unspecified atom stereocenters. The van der Waals surface area contributed by atoms with Gasteiger partial charge in [-0.1, -0.05) is 18.2 Å². The summed E-state index contributed by atoms with van der Waals surface area (Å²) in [4.78, 5) is 10.4. The molecule has 0 saturated carbocycles. The Morgan fingerprint density at radius 2 is 1.58 bits per heavy atom. The number of nitro groups is 1. The number of hydrogen-bond acceptors (Lipinski definition) is 5. The van der Waals surface area contributed by atoms with Gasteiger partial charge in [0.2, 0.25) is 0 Å². The average molecular weight is 261 g/mol. The fraction of sp³-hybridized carbons (Fsp3) is 0.0769. The second-order valence-corrected chi connectivity index (χ2v) is 4.03. The van der Waals surface area contributed by atoms with Gasteiger partial charge in [-0.05, 0) is 6.07 Å². The first kappa shape index (κ1) is 12.7. The summed E-state index contributed by atoms with van der Waals surface area (Å²) in [5.41, 5.74) is 0.645. The standard InChI is InChI=1S/C13H11NO5/c15-11-7-13(17)12(16)6-9(11)5-8-3-1-2-4-10(8)14(18)19/h1-4,6-7,15-17H,5H2. The molecule has 0 saturated heterocycles. The van der Waals surface area contributed by atoms with Crippen LogP contribution >= 0.6 is 0 Å². The topological polar surface area (TPSA) is 104 Å². The Balaban J connectivity index is 2.42. The molecule has 0 amide bonds. The number of nitrogens with zero attached hydrogens (tertiary/aromatic N) is 1. The molecule has 0 aliphatic heterocycles. The molecule has 0 fully saturated rings. The molecular formula is C13H11NO5. The van der Waals surface area contributed by atoms with Crippen molar-refractivity contribution in [1.82, 2.24) is 0 Å². The van der Waals surface area contributed by atoms with Crippen LogP contribution in [0.15, 0.2) is 36.4 Å². The monoisotopic (exact) mass is 261 g/mol. The number of aromatic hydroxyl groups is 3. The van der Waals surface area contributed by atoms with Crippen molar-refractivity contribution >= 4 is 5.69 Å². The first-order valence-corrected chi connectivity index (χ1v) is 5.45. The van der Waals surface area contributed by atoms with E-state index in [1.807, 2.05) is 0 Å². The molecule has 0 atom stereocenters. The van der Waals surface area contributed by atoms with Crippen LogP contribution in [-0.4, -0.2) is 20.2 Å². The van der Waals surface area contributed by atoms with Crippen molar-refractivity contribution in [3.63, 3.8) is 0 Å². The second kappa shape index (κ2) is 4.85. The molecule has 19 heavy (non-hydrogen) atoms. The van der Waals surface area contributed by atoms with Crippen LogP contribution < -0.4 is 0 Å². The summed E-state index contributed by atoms with van der Waals surface area (Å²) in [5.74, 6) is -1.05. The van der Waals surface area contributed by atoms with Gasteiger partial charge in [0.25, 0.3) is 5.69 Å². The van der Waals surface area contributed by atoms with Crippen molar-refractivity contribution in [3.05, 3.63) is 57.6 Å². The number of phenolic OH excluding ortho intramolecular Hbond substituents is 3. The van der Waals surface area contributed by atoms with E-state index in [0.29, 0.717) is 11.1 Å². The summed E-state index contributed by atoms with van der Waals surface area (Å²) >= 11 is 0. The van der Waals surface area contributed by atoms with Gasteiger partial charge in [0.15, 0.2) is 11.5 Å². The van der Waals surface area contributed by atoms with Crippen LogP contribution in [0.3, 0.4) is 0 Å². The van der Waals surface area contributed by atoms with Crippen molar-refractivity contribution in [1.29, 1.82) is 0 Å². The number of hydrogen-bond donors (Lipinski definition) is 3. The van der Waals surface area contributed by atoms with E-state index >= 15 is 0 Å². The van der Waals surface area contributed by atoms with Crippen LogP contribution in [0.2, 0.25) is 0 Å². The largest absolute Gasteiger partial charge is 0.508 e. The van der Waals surface area contributed by atoms with E-state index in [2.05, 4.69) is 0 Å². The molecule has 98 valence electrons. The number of para-hydroxylation sites is 1. The minimum Gasteiger partial charge on any atom is -0.508 e. The third-order valence-corrected chi connectivity index (χ3v) is 2.75. The van der Waals surface area contributed by atoms with Gasteiger partial charge in [0.05, 0.1) is 4.92 Å². The zero-order valence-corrected chi connectivity index (χ0v) is 9.78. The normalized spacial score (nSPS) is 10.3. The Bertz CT molecular complexity index is 639. The zero-order valence-electron chi connectivity index (χ0n) is 9.78. The molecule has 2 aromatic carbocycles. The molecular weight excluding hydrogens is 250 g/mol. The molecule has 2 rings (SSSR count). The van der Waals surface area contributed by atoms with Crippen LogP contribution in [0.1, 0.15) is 11.1 Å². The van der Waals surface area contributed by atoms with Crippen molar-refractivity contribution in [2.75, 3.05) is 0 Å². The van der Waals surface area contributed by atoms with Crippen molar-refractivity contribution in [2.24, 2.45) is 0 Å². The third kappa shape index (κ3) is 2.57. The Hall–Kier alpha value is -2.76. The number of benzene rings is 2. The SMILES string of the molecule is O=[N+]([O-])c1ccccc1Cc1cc(O)c(O)cc1O. The first-order valence-electron chi connectivity index (χ1n) is 5.45. The van der Waals surface area contributed by atoms with E-state index in [1.54, 1.807) is 18.2 Å². The molecule has 0 aliphatic carbocycles. The summed E-state index contributed by atoms with van der Waals surface area (Å²) < 4.78 is 0. The maximum Gasteiger partial charge on any atom is 0.272 e. The second-order valence-electron chi connectivity index (χ2n) is 4.03. The van der Waals surface area contributed by atoms with Gasteiger partial charge in [-0.15, -0.1) is 0 Å². The van der Waals surface area contributed by atoms with Crippen molar-refractivity contribution in [2.45, 2.75) is 6.42 Å². The molecule has 0 heterocycles. The van der Waals surface area contributed by atoms with E-state index in [-0.39, 0.29) is 23.6 Å². The molecule has 0 aromatic heterocycles. The molecule has 6 nitrogen and oxygen atoms in total. The van der Waals surface area contributed by atoms with Crippen molar-refractivity contribution < 1.29 is 20.2 Å². The smallest absolute Gasteiger partial charge is 0.272 e. The Labute approximate surface area is 108 Å². The predicted octanol–water partition coefficient (Wildman–Crippen LogP) is 2.30. The fourth-order valence-electron chi connectivity index (χ4n) is 1.79. The lowest BCUT2D eigenvalue weighted by atomic mass is 10.0. The van der Waals surface area contributed by atoms with E-state index in [1.165, 1.54) is 12.1 Å². The summed E-state index contributed by atoms with van der Waals surface area (Å²) in [5, 5.41) is 39.1. The van der Waals surface area contributed by atoms with E-state index < -0.39 is 10.7 Å². The van der Waals surface area contributed by atoms with Crippen molar-refractivity contribution in [3.8, 4) is 17.2 Å². The maximum absolute atomic E-state index is 10.9. The number of phenols is 3. The quantitative estimate of drug-likeness (QED) is 0.340. The summed E-state index contributed by atoms with van der Waals surface area (Å²) in [6, 6.07) is 8.32. The minimum atomic E-state index is -0.507. The third-order valence-electron chi connectivity index (χ3n) is 2.75. The Morgan fingerprint density at radius 1 is 0.947 bits per heavy atom. The van der Waals surface area contributed by atoms with Crippen LogP contribution in [-0.2, 0) is 6.42 Å². The lowest BCUT2D eigenvalue weighted by molar-refractivity contribution is -0.385. The molecule has 2 aromatic rings. The van der Waals surface area contributed by atoms with E-state index in [9.17, 15) is 25.4 Å². The molecule has 0 spiro atoms. The Morgan fingerprint density at radius 3 is 2.26 bits per heavy atom. The molecule has 0 bridgehead atoms. The van der Waals surface area contributed by atoms with Crippen LogP contribution in [0.25, 0.3) is 0 Å². The van der Waals surface area contributed by atoms with E-state index in [4.69, 9.17) is 0 Å². The lowest BCUT2D eigenvalue weighted by Crippen LogP contribution is -1.96. The minimum absolute atomic E-state index is 0.0607. The lowest BCUT2D eigenvalue weighted by Gasteiger charge is -2.07. The average Bonchev–Trinajstić information content (AvgIpc) is 2.36. The van der Waals surface area contributed by atoms with Crippen LogP contribution in [0.4, 0.5) is 5.69 Å². The fourth-order valence-corrected chi connectivity index (χ4v) is 1.79. The van der Waals surface area contributed by atoms with E-state index in [0.717, 1.165) is 6.07 Å². The highest BCUT2D eigenvalue weighted by atomic mass is 16.6. The van der Waals surface area contributed by atoms with Gasteiger partial charge in [-0.25, -0.2) is 0 Å². The van der Waals surface area contributed by atoms with Gasteiger partial charge in [0.1, 0.15) is 5.75 Å². The molecule has 0 radical (unpaired) electrons. The van der Waals surface area contributed by atoms with Gasteiger partial charge in [-0.2, -0.15) is 0 Å². The van der Waals surface area contributed by atoms with Gasteiger partial charge < -0.3 is 15.3 Å². The Kier molecular flexibility index (Phi) is 3.24. The maximum atomic E-state index is 10.9. The summed E-state index contributed by atoms with van der Waals surface area (Å²) in [6.07, 6.45) is 0.0802. The number of nitro benzene ring substituents is 1. The molecule has 6 heteroatoms. The first-order chi connectivity index (χ1) is 8.99. The van der Waals surface area contributed by atoms with Crippen LogP contribution in [0.5, 0.6) is 17.2 Å². The summed E-state index contributed by atoms with van der Waals surface area (Å²) in [6.45, 7) is 0. The van der Waals surface area contributed by atoms with Gasteiger partial charge in [-0.3, -0.25) is 10.1 Å². The zero-order chi connectivity index (χ0) is 14.0. The number of rotatable bonds is 3. The highest BCUT2D eigenvalue weighted by molar-refractivity contribution is 5.52. The highest BCUT2D eigenvalue weighted by Crippen LogP contribution is 2.34. The summed E-state index contributed by atoms with van der Waals surface area (Å²) in [7, 11) is 0. The van der Waals surface area contributed by atoms with Gasteiger partial charge in [0, 0.05) is 29.7 Å². The molecule has 3 N–H and O–H groups in total. The van der Waals surface area contributed by atoms with Crippen LogP contribution in [0, 0.1) is 10.1 Å². The van der Waals surface area contributed by atoms with Gasteiger partial charge >= 0.3 is 0 Å². The highest BCUT2D eigenvalue weighted by Gasteiger charge is 2.15. The molecule has 0 aliphatic rings.